The van der Waals surface area contributed by atoms with Crippen LogP contribution in [0.1, 0.15) is 31.2 Å². The Labute approximate surface area is 175 Å². The number of benzene rings is 1. The molecular weight excluding hydrogens is 394 g/mol. The van der Waals surface area contributed by atoms with E-state index in [2.05, 4.69) is 10.2 Å². The van der Waals surface area contributed by atoms with Crippen LogP contribution in [0.3, 0.4) is 0 Å². The van der Waals surface area contributed by atoms with Gasteiger partial charge >= 0.3 is 0 Å². The van der Waals surface area contributed by atoms with Crippen LogP contribution in [-0.4, -0.2) is 60.6 Å². The third-order valence-electron chi connectivity index (χ3n) is 6.87. The van der Waals surface area contributed by atoms with Crippen LogP contribution < -0.4 is 14.8 Å². The first-order valence-electron chi connectivity index (χ1n) is 10.4. The Bertz CT molecular complexity index is 847. The van der Waals surface area contributed by atoms with Gasteiger partial charge in [-0.2, -0.15) is 0 Å². The molecule has 5 rings (SSSR count). The number of rotatable bonds is 3. The van der Waals surface area contributed by atoms with E-state index in [4.69, 9.17) is 21.1 Å². The summed E-state index contributed by atoms with van der Waals surface area (Å²) >= 11 is 6.50. The van der Waals surface area contributed by atoms with Gasteiger partial charge in [0, 0.05) is 56.2 Å². The lowest BCUT2D eigenvalue weighted by Crippen LogP contribution is -2.68. The molecule has 156 valence electrons. The van der Waals surface area contributed by atoms with Gasteiger partial charge in [-0.05, 0) is 36.8 Å². The largest absolute Gasteiger partial charge is 0.454 e. The summed E-state index contributed by atoms with van der Waals surface area (Å²) in [7, 11) is 1.66. The summed E-state index contributed by atoms with van der Waals surface area (Å²) in [4.78, 5) is 29.8. The molecule has 0 saturated carbocycles. The molecule has 1 aromatic rings. The van der Waals surface area contributed by atoms with E-state index in [9.17, 15) is 9.59 Å². The van der Waals surface area contributed by atoms with Gasteiger partial charge in [-0.1, -0.05) is 11.6 Å². The number of hydrogen-bond donors (Lipinski definition) is 1. The molecule has 0 aliphatic carbocycles. The van der Waals surface area contributed by atoms with Crippen molar-refractivity contribution in [1.82, 2.24) is 15.1 Å². The van der Waals surface area contributed by atoms with Gasteiger partial charge in [0.1, 0.15) is 6.04 Å². The molecule has 0 radical (unpaired) electrons. The average Bonchev–Trinajstić information content (AvgIpc) is 3.16. The predicted octanol–water partition coefficient (Wildman–Crippen LogP) is 2.02. The number of amides is 2. The highest BCUT2D eigenvalue weighted by atomic mass is 35.5. The maximum absolute atomic E-state index is 12.7. The Kier molecular flexibility index (Phi) is 4.82. The first-order valence-corrected chi connectivity index (χ1v) is 10.8. The molecule has 2 bridgehead atoms. The first-order chi connectivity index (χ1) is 14.0. The Morgan fingerprint density at radius 3 is 2.79 bits per heavy atom. The molecule has 7 nitrogen and oxygen atoms in total. The van der Waals surface area contributed by atoms with Gasteiger partial charge < -0.3 is 19.7 Å². The van der Waals surface area contributed by atoms with E-state index < -0.39 is 0 Å². The molecule has 4 heterocycles. The fourth-order valence-corrected chi connectivity index (χ4v) is 5.90. The van der Waals surface area contributed by atoms with Crippen molar-refractivity contribution >= 4 is 23.4 Å². The van der Waals surface area contributed by atoms with Gasteiger partial charge in [-0.25, -0.2) is 0 Å². The van der Waals surface area contributed by atoms with Gasteiger partial charge in [0.05, 0.1) is 0 Å². The molecule has 8 heteroatoms. The lowest BCUT2D eigenvalue weighted by atomic mass is 9.71. The summed E-state index contributed by atoms with van der Waals surface area (Å²) in [5.74, 6) is 2.04. The fraction of sp³-hybridized carbons (Fsp3) is 0.619. The monoisotopic (exact) mass is 419 g/mol. The minimum Gasteiger partial charge on any atom is -0.454 e. The number of nitrogens with one attached hydrogen (secondary N) is 1. The number of nitrogens with zero attached hydrogens (tertiary/aromatic N) is 2. The van der Waals surface area contributed by atoms with Gasteiger partial charge in [-0.15, -0.1) is 0 Å². The second-order valence-corrected chi connectivity index (χ2v) is 8.97. The van der Waals surface area contributed by atoms with Crippen LogP contribution in [0.2, 0.25) is 5.02 Å². The number of ether oxygens (including phenoxy) is 2. The molecule has 3 saturated heterocycles. The van der Waals surface area contributed by atoms with Crippen LogP contribution in [0, 0.1) is 11.8 Å². The zero-order valence-corrected chi connectivity index (χ0v) is 17.3. The summed E-state index contributed by atoms with van der Waals surface area (Å²) < 4.78 is 10.9. The van der Waals surface area contributed by atoms with Crippen LogP contribution in [-0.2, 0) is 16.1 Å². The molecule has 0 unspecified atom stereocenters. The molecule has 0 aromatic heterocycles. The quantitative estimate of drug-likeness (QED) is 0.811. The van der Waals surface area contributed by atoms with Crippen molar-refractivity contribution < 1.29 is 19.1 Å². The Morgan fingerprint density at radius 2 is 2.00 bits per heavy atom. The zero-order chi connectivity index (χ0) is 20.1. The number of carbonyl (C=O) groups excluding carboxylic acids is 2. The first kappa shape index (κ1) is 19.0. The highest BCUT2D eigenvalue weighted by Gasteiger charge is 2.51. The average molecular weight is 420 g/mol. The number of hydrogen-bond acceptors (Lipinski definition) is 5. The number of likely N-dealkylation sites (N-methyl/N-ethyl adjacent to an activating group) is 1. The normalized spacial score (nSPS) is 30.8. The van der Waals surface area contributed by atoms with Crippen molar-refractivity contribution in [3.8, 4) is 11.5 Å². The lowest BCUT2D eigenvalue weighted by molar-refractivity contribution is -0.160. The number of halogens is 1. The van der Waals surface area contributed by atoms with Crippen LogP contribution in [0.25, 0.3) is 0 Å². The van der Waals surface area contributed by atoms with Gasteiger partial charge in [0.15, 0.2) is 11.5 Å². The molecule has 4 aliphatic heterocycles. The van der Waals surface area contributed by atoms with Gasteiger partial charge in [-0.3, -0.25) is 14.5 Å². The summed E-state index contributed by atoms with van der Waals surface area (Å²) in [6.45, 7) is 2.61. The van der Waals surface area contributed by atoms with E-state index in [1.807, 2.05) is 17.0 Å². The standard InChI is InChI=1S/C21H26ClN3O4/c1-23-21(27)20-14-5-13(16-3-2-4-19(26)25(16)20)9-24(10-14)8-12-6-17-18(7-15(12)22)29-11-28-17/h6-7,13-14,16,20H,2-5,8-11H2,1H3,(H,23,27)/t13-,14+,16-,20+/m0/s1. The highest BCUT2D eigenvalue weighted by molar-refractivity contribution is 6.31. The highest BCUT2D eigenvalue weighted by Crippen LogP contribution is 2.43. The van der Waals surface area contributed by atoms with E-state index in [-0.39, 0.29) is 36.6 Å². The topological polar surface area (TPSA) is 71.1 Å². The molecule has 1 N–H and O–H groups in total. The second-order valence-electron chi connectivity index (χ2n) is 8.57. The lowest BCUT2D eigenvalue weighted by Gasteiger charge is -2.55. The van der Waals surface area contributed by atoms with Gasteiger partial charge in [0.2, 0.25) is 18.6 Å². The summed E-state index contributed by atoms with van der Waals surface area (Å²) in [6.07, 6.45) is 3.45. The molecule has 29 heavy (non-hydrogen) atoms. The summed E-state index contributed by atoms with van der Waals surface area (Å²) in [5.41, 5.74) is 1.00. The van der Waals surface area contributed by atoms with Gasteiger partial charge in [0.25, 0.3) is 0 Å². The van der Waals surface area contributed by atoms with Crippen molar-refractivity contribution in [3.05, 3.63) is 22.7 Å². The smallest absolute Gasteiger partial charge is 0.242 e. The van der Waals surface area contributed by atoms with Crippen molar-refractivity contribution in [1.29, 1.82) is 0 Å². The molecule has 0 spiro atoms. The Morgan fingerprint density at radius 1 is 1.24 bits per heavy atom. The van der Waals surface area contributed by atoms with E-state index in [0.29, 0.717) is 29.7 Å². The van der Waals surface area contributed by atoms with Crippen molar-refractivity contribution in [2.24, 2.45) is 11.8 Å². The SMILES string of the molecule is CNC(=O)[C@H]1[C@@H]2C[C@@H](CN(Cc3cc4c(cc3Cl)OCO4)C2)[C@@H]2CCCC(=O)N21. The molecular formula is C21H26ClN3O4. The van der Waals surface area contributed by atoms with E-state index in [1.165, 1.54) is 0 Å². The number of carbonyl (C=O) groups is 2. The maximum atomic E-state index is 12.7. The molecule has 2 amide bonds. The number of piperidine rings is 3. The minimum atomic E-state index is -0.371. The number of likely N-dealkylation sites (tertiary alicyclic amines) is 1. The van der Waals surface area contributed by atoms with Crippen molar-refractivity contribution in [3.63, 3.8) is 0 Å². The molecule has 1 aromatic carbocycles. The third kappa shape index (κ3) is 3.24. The maximum Gasteiger partial charge on any atom is 0.242 e. The molecule has 3 fully saturated rings. The summed E-state index contributed by atoms with van der Waals surface area (Å²) in [5, 5.41) is 3.46. The van der Waals surface area contributed by atoms with Crippen LogP contribution in [0.4, 0.5) is 0 Å². The fourth-order valence-electron chi connectivity index (χ4n) is 5.69. The van der Waals surface area contributed by atoms with E-state index >= 15 is 0 Å². The van der Waals surface area contributed by atoms with E-state index in [0.717, 1.165) is 43.7 Å². The van der Waals surface area contributed by atoms with Crippen LogP contribution in [0.15, 0.2) is 12.1 Å². The molecule has 4 atom stereocenters. The van der Waals surface area contributed by atoms with Crippen LogP contribution >= 0.6 is 11.6 Å². The third-order valence-corrected chi connectivity index (χ3v) is 7.22. The Balaban J connectivity index is 1.40. The second kappa shape index (κ2) is 7.36. The summed E-state index contributed by atoms with van der Waals surface area (Å²) in [6, 6.07) is 3.56. The van der Waals surface area contributed by atoms with Crippen molar-refractivity contribution in [2.75, 3.05) is 26.9 Å². The number of fused-ring (bicyclic) bond motifs is 5. The van der Waals surface area contributed by atoms with Crippen LogP contribution in [0.5, 0.6) is 11.5 Å². The molecule has 4 aliphatic rings. The zero-order valence-electron chi connectivity index (χ0n) is 16.5. The van der Waals surface area contributed by atoms with Crippen molar-refractivity contribution in [2.45, 2.75) is 44.3 Å². The predicted molar refractivity (Wildman–Crippen MR) is 107 cm³/mol. The van der Waals surface area contributed by atoms with E-state index in [1.54, 1.807) is 7.05 Å². The minimum absolute atomic E-state index is 0.0448. The Hall–Kier alpha value is -1.99.